The van der Waals surface area contributed by atoms with Crippen molar-refractivity contribution in [1.82, 2.24) is 4.98 Å². The highest BCUT2D eigenvalue weighted by atomic mass is 32.1. The molecule has 3 aromatic carbocycles. The van der Waals surface area contributed by atoms with Gasteiger partial charge in [0.15, 0.2) is 5.58 Å². The Kier molecular flexibility index (Phi) is 5.55. The first-order chi connectivity index (χ1) is 14.1. The van der Waals surface area contributed by atoms with Crippen LogP contribution in [0.25, 0.3) is 22.6 Å². The van der Waals surface area contributed by atoms with Gasteiger partial charge in [-0.3, -0.25) is 0 Å². The van der Waals surface area contributed by atoms with E-state index in [1.807, 2.05) is 72.8 Å². The summed E-state index contributed by atoms with van der Waals surface area (Å²) < 4.78 is 11.1. The van der Waals surface area contributed by atoms with Crippen LogP contribution in [-0.2, 0) is 6.42 Å². The number of oxazole rings is 1. The fourth-order valence-corrected chi connectivity index (χ4v) is 3.26. The van der Waals surface area contributed by atoms with Crippen molar-refractivity contribution in [3.05, 3.63) is 78.4 Å². The van der Waals surface area contributed by atoms with Crippen molar-refractivity contribution in [3.63, 3.8) is 0 Å². The van der Waals surface area contributed by atoms with Crippen LogP contribution in [0, 0.1) is 0 Å². The fraction of sp³-hybridized carbons (Fsp3) is 0.130. The molecule has 0 saturated heterocycles. The van der Waals surface area contributed by atoms with Gasteiger partial charge in [0.1, 0.15) is 11.3 Å². The third-order valence-electron chi connectivity index (χ3n) is 4.63. The number of nitrogens with zero attached hydrogens (tertiary/aromatic N) is 1. The highest BCUT2D eigenvalue weighted by Crippen LogP contribution is 2.27. The number of nitrogens with one attached hydrogen (secondary N) is 1. The normalized spacial score (nSPS) is 11.9. The first kappa shape index (κ1) is 19.1. The minimum Gasteiger partial charge on any atom is -0.497 e. The summed E-state index contributed by atoms with van der Waals surface area (Å²) in [6.45, 7) is 0. The molecule has 0 amide bonds. The molecule has 1 atom stereocenters. The SMILES string of the molecule is COc1ccc(-c2nc3cc(NC(=S)[C@H](N)Cc4ccccc4)ccc3o2)cc1. The Morgan fingerprint density at radius 3 is 2.59 bits per heavy atom. The lowest BCUT2D eigenvalue weighted by molar-refractivity contribution is 0.415. The van der Waals surface area contributed by atoms with Crippen LogP contribution in [0.5, 0.6) is 5.75 Å². The van der Waals surface area contributed by atoms with Gasteiger partial charge in [0.05, 0.1) is 18.1 Å². The van der Waals surface area contributed by atoms with Crippen LogP contribution in [0.4, 0.5) is 5.69 Å². The molecule has 0 aliphatic carbocycles. The van der Waals surface area contributed by atoms with Crippen molar-refractivity contribution in [3.8, 4) is 17.2 Å². The van der Waals surface area contributed by atoms with Gasteiger partial charge >= 0.3 is 0 Å². The highest BCUT2D eigenvalue weighted by Gasteiger charge is 2.13. The summed E-state index contributed by atoms with van der Waals surface area (Å²) in [4.78, 5) is 5.19. The maximum atomic E-state index is 6.27. The Morgan fingerprint density at radius 2 is 1.86 bits per heavy atom. The van der Waals surface area contributed by atoms with Crippen molar-refractivity contribution in [1.29, 1.82) is 0 Å². The Hall–Kier alpha value is -3.22. The molecule has 6 heteroatoms. The molecule has 3 N–H and O–H groups in total. The molecular weight excluding hydrogens is 382 g/mol. The molecule has 0 fully saturated rings. The molecule has 0 spiro atoms. The van der Waals surface area contributed by atoms with E-state index in [1.165, 1.54) is 0 Å². The van der Waals surface area contributed by atoms with Gasteiger partial charge in [-0.25, -0.2) is 4.98 Å². The molecule has 1 aromatic heterocycles. The van der Waals surface area contributed by atoms with Crippen LogP contribution in [0.3, 0.4) is 0 Å². The smallest absolute Gasteiger partial charge is 0.227 e. The topological polar surface area (TPSA) is 73.3 Å². The van der Waals surface area contributed by atoms with E-state index < -0.39 is 0 Å². The lowest BCUT2D eigenvalue weighted by atomic mass is 10.1. The number of fused-ring (bicyclic) bond motifs is 1. The van der Waals surface area contributed by atoms with Crippen molar-refractivity contribution in [2.24, 2.45) is 5.73 Å². The molecule has 4 rings (SSSR count). The number of rotatable bonds is 6. The van der Waals surface area contributed by atoms with E-state index in [0.29, 0.717) is 22.9 Å². The maximum absolute atomic E-state index is 6.27. The molecule has 0 bridgehead atoms. The van der Waals surface area contributed by atoms with Crippen molar-refractivity contribution >= 4 is 34.0 Å². The summed E-state index contributed by atoms with van der Waals surface area (Å²) in [7, 11) is 1.64. The highest BCUT2D eigenvalue weighted by molar-refractivity contribution is 7.80. The summed E-state index contributed by atoms with van der Waals surface area (Å²) in [6, 6.07) is 23.1. The Balaban J connectivity index is 1.49. The van der Waals surface area contributed by atoms with E-state index in [9.17, 15) is 0 Å². The molecule has 0 radical (unpaired) electrons. The van der Waals surface area contributed by atoms with Gasteiger partial charge in [-0.1, -0.05) is 42.5 Å². The van der Waals surface area contributed by atoms with E-state index in [2.05, 4.69) is 10.3 Å². The molecule has 4 aromatic rings. The molecule has 0 unspecified atom stereocenters. The molecule has 0 saturated carbocycles. The standard InChI is InChI=1S/C23H21N3O2S/c1-27-18-10-7-16(8-11-18)22-26-20-14-17(9-12-21(20)28-22)25-23(29)19(24)13-15-5-3-2-4-6-15/h2-12,14,19H,13,24H2,1H3,(H,25,29)/t19-/m1/s1. The molecule has 1 heterocycles. The van der Waals surface area contributed by atoms with Gasteiger partial charge in [-0.15, -0.1) is 0 Å². The number of thiocarbonyl (C=S) groups is 1. The van der Waals surface area contributed by atoms with Crippen LogP contribution in [0.15, 0.2) is 77.2 Å². The van der Waals surface area contributed by atoms with Crippen LogP contribution < -0.4 is 15.8 Å². The second kappa shape index (κ2) is 8.43. The van der Waals surface area contributed by atoms with Gasteiger partial charge in [0.2, 0.25) is 5.89 Å². The van der Waals surface area contributed by atoms with Crippen LogP contribution in [-0.4, -0.2) is 23.1 Å². The molecule has 5 nitrogen and oxygen atoms in total. The van der Waals surface area contributed by atoms with Crippen molar-refractivity contribution in [2.75, 3.05) is 12.4 Å². The minimum absolute atomic E-state index is 0.268. The molecule has 0 aliphatic heterocycles. The third-order valence-corrected chi connectivity index (χ3v) is 5.03. The number of nitrogens with two attached hydrogens (primary N) is 1. The Bertz CT molecular complexity index is 1120. The van der Waals surface area contributed by atoms with E-state index in [1.54, 1.807) is 7.11 Å². The van der Waals surface area contributed by atoms with Crippen LogP contribution >= 0.6 is 12.2 Å². The largest absolute Gasteiger partial charge is 0.497 e. The zero-order valence-electron chi connectivity index (χ0n) is 16.0. The Morgan fingerprint density at radius 1 is 1.10 bits per heavy atom. The molecule has 146 valence electrons. The molecule has 0 aliphatic rings. The van der Waals surface area contributed by atoms with Crippen LogP contribution in [0.2, 0.25) is 0 Å². The van der Waals surface area contributed by atoms with E-state index in [0.717, 1.165) is 28.1 Å². The van der Waals surface area contributed by atoms with E-state index >= 15 is 0 Å². The van der Waals surface area contributed by atoms with Crippen molar-refractivity contribution in [2.45, 2.75) is 12.5 Å². The number of hydrogen-bond acceptors (Lipinski definition) is 5. The van der Waals surface area contributed by atoms with Gasteiger partial charge in [0, 0.05) is 11.3 Å². The summed E-state index contributed by atoms with van der Waals surface area (Å²) in [5.74, 6) is 1.35. The quantitative estimate of drug-likeness (QED) is 0.450. The second-order valence-electron chi connectivity index (χ2n) is 6.72. The monoisotopic (exact) mass is 403 g/mol. The number of benzene rings is 3. The number of anilines is 1. The maximum Gasteiger partial charge on any atom is 0.227 e. The van der Waals surface area contributed by atoms with Gasteiger partial charge in [0.25, 0.3) is 0 Å². The van der Waals surface area contributed by atoms with Crippen molar-refractivity contribution < 1.29 is 9.15 Å². The lowest BCUT2D eigenvalue weighted by Crippen LogP contribution is -2.36. The van der Waals surface area contributed by atoms with Crippen LogP contribution in [0.1, 0.15) is 5.56 Å². The number of methoxy groups -OCH3 is 1. The number of hydrogen-bond donors (Lipinski definition) is 2. The zero-order chi connectivity index (χ0) is 20.2. The first-order valence-electron chi connectivity index (χ1n) is 9.28. The van der Waals surface area contributed by atoms with E-state index in [4.69, 9.17) is 27.1 Å². The zero-order valence-corrected chi connectivity index (χ0v) is 16.8. The van der Waals surface area contributed by atoms with Gasteiger partial charge in [-0.2, -0.15) is 0 Å². The second-order valence-corrected chi connectivity index (χ2v) is 7.16. The summed E-state index contributed by atoms with van der Waals surface area (Å²) in [5, 5.41) is 3.23. The minimum atomic E-state index is -0.268. The summed E-state index contributed by atoms with van der Waals surface area (Å²) >= 11 is 5.49. The number of ether oxygens (including phenoxy) is 1. The van der Waals surface area contributed by atoms with Gasteiger partial charge in [-0.05, 0) is 54.4 Å². The fourth-order valence-electron chi connectivity index (χ4n) is 3.06. The first-order valence-corrected chi connectivity index (χ1v) is 9.68. The predicted molar refractivity (Wildman–Crippen MR) is 120 cm³/mol. The third kappa shape index (κ3) is 4.45. The van der Waals surface area contributed by atoms with Gasteiger partial charge < -0.3 is 20.2 Å². The summed E-state index contributed by atoms with van der Waals surface area (Å²) in [5.41, 5.74) is 10.6. The summed E-state index contributed by atoms with van der Waals surface area (Å²) in [6.07, 6.45) is 0.681. The number of aromatic nitrogens is 1. The Labute approximate surface area is 174 Å². The average molecular weight is 404 g/mol. The average Bonchev–Trinajstić information content (AvgIpc) is 3.18. The lowest BCUT2D eigenvalue weighted by Gasteiger charge is -2.15. The predicted octanol–water partition coefficient (Wildman–Crippen LogP) is 4.81. The molecular formula is C23H21N3O2S. The van der Waals surface area contributed by atoms with E-state index in [-0.39, 0.29) is 6.04 Å². The molecule has 29 heavy (non-hydrogen) atoms.